The number of carbonyl (C=O) groups is 1. The summed E-state index contributed by atoms with van der Waals surface area (Å²) >= 11 is 7.11. The fourth-order valence-corrected chi connectivity index (χ4v) is 4.90. The molecule has 1 N–H and O–H groups in total. The van der Waals surface area contributed by atoms with Crippen LogP contribution in [0.25, 0.3) is 10.2 Å². The molecule has 1 aromatic carbocycles. The molecule has 6 nitrogen and oxygen atoms in total. The molecule has 3 heterocycles. The Labute approximate surface area is 179 Å². The highest BCUT2D eigenvalue weighted by Gasteiger charge is 2.22. The third-order valence-electron chi connectivity index (χ3n) is 5.02. The quantitative estimate of drug-likeness (QED) is 0.603. The zero-order valence-corrected chi connectivity index (χ0v) is 17.6. The molecule has 0 fully saturated rings. The molecule has 10 heteroatoms. The van der Waals surface area contributed by atoms with Gasteiger partial charge in [-0.05, 0) is 43.5 Å². The zero-order valence-electron chi connectivity index (χ0n) is 16.0. The van der Waals surface area contributed by atoms with E-state index < -0.39 is 12.5 Å². The second-order valence-electron chi connectivity index (χ2n) is 7.01. The number of alkyl halides is 2. The summed E-state index contributed by atoms with van der Waals surface area (Å²) in [5.74, 6) is 0.162. The van der Waals surface area contributed by atoms with E-state index in [1.165, 1.54) is 29.5 Å². The van der Waals surface area contributed by atoms with Gasteiger partial charge in [0.15, 0.2) is 0 Å². The molecule has 0 unspecified atom stereocenters. The summed E-state index contributed by atoms with van der Waals surface area (Å²) in [6, 6.07) is 4.00. The lowest BCUT2D eigenvalue weighted by Crippen LogP contribution is -2.24. The first-order valence-corrected chi connectivity index (χ1v) is 10.6. The summed E-state index contributed by atoms with van der Waals surface area (Å²) in [5.41, 5.74) is 0.790. The lowest BCUT2D eigenvalue weighted by molar-refractivity contribution is -0.0497. The fraction of sp³-hybridized carbons (Fsp3) is 0.350. The van der Waals surface area contributed by atoms with Gasteiger partial charge in [0, 0.05) is 18.7 Å². The summed E-state index contributed by atoms with van der Waals surface area (Å²) in [6.45, 7) is -0.627. The smallest absolute Gasteiger partial charge is 0.387 e. The summed E-state index contributed by atoms with van der Waals surface area (Å²) < 4.78 is 30.7. The number of aromatic nitrogens is 2. The highest BCUT2D eigenvalue weighted by atomic mass is 35.5. The van der Waals surface area contributed by atoms with Crippen LogP contribution >= 0.6 is 22.9 Å². The summed E-state index contributed by atoms with van der Waals surface area (Å²) in [6.07, 6.45) is 3.73. The van der Waals surface area contributed by atoms with Crippen molar-refractivity contribution in [2.24, 2.45) is 0 Å². The maximum atomic E-state index is 13.0. The van der Waals surface area contributed by atoms with E-state index in [9.17, 15) is 18.4 Å². The SMILES string of the molecule is Cc1c(C(=O)Nc2ccc(OC(F)F)c(Cl)c2)sc2nc3n(c(=O)c12)CCCCC3. The molecule has 1 amide bonds. The van der Waals surface area contributed by atoms with Gasteiger partial charge in [0.2, 0.25) is 0 Å². The van der Waals surface area contributed by atoms with Gasteiger partial charge < -0.3 is 10.1 Å². The third kappa shape index (κ3) is 3.91. The molecule has 158 valence electrons. The van der Waals surface area contributed by atoms with Crippen LogP contribution < -0.4 is 15.6 Å². The van der Waals surface area contributed by atoms with Crippen LogP contribution in [0.5, 0.6) is 5.75 Å². The standard InChI is InChI=1S/C20H18ClF2N3O3S/c1-10-15-18(25-14-5-3-2-4-8-26(14)19(15)28)30-16(10)17(27)24-11-6-7-13(12(21)9-11)29-20(22)23/h6-7,9,20H,2-5,8H2,1H3,(H,24,27). The third-order valence-corrected chi connectivity index (χ3v) is 6.50. The van der Waals surface area contributed by atoms with Gasteiger partial charge in [-0.1, -0.05) is 18.0 Å². The Morgan fingerprint density at radius 1 is 1.33 bits per heavy atom. The minimum atomic E-state index is -2.99. The number of anilines is 1. The molecule has 30 heavy (non-hydrogen) atoms. The van der Waals surface area contributed by atoms with Gasteiger partial charge in [-0.15, -0.1) is 11.3 Å². The number of hydrogen-bond donors (Lipinski definition) is 1. The first-order valence-electron chi connectivity index (χ1n) is 9.43. The Bertz CT molecular complexity index is 1190. The van der Waals surface area contributed by atoms with Crippen LogP contribution in [-0.2, 0) is 13.0 Å². The number of halogens is 3. The largest absolute Gasteiger partial charge is 0.433 e. The number of rotatable bonds is 4. The number of nitrogens with one attached hydrogen (secondary N) is 1. The van der Waals surface area contributed by atoms with Crippen molar-refractivity contribution in [3.63, 3.8) is 0 Å². The molecular formula is C20H18ClF2N3O3S. The van der Waals surface area contributed by atoms with Crippen LogP contribution in [0.1, 0.15) is 40.3 Å². The molecule has 0 saturated carbocycles. The minimum Gasteiger partial charge on any atom is -0.433 e. The van der Waals surface area contributed by atoms with Gasteiger partial charge in [-0.3, -0.25) is 14.2 Å². The molecule has 0 atom stereocenters. The van der Waals surface area contributed by atoms with Crippen molar-refractivity contribution in [1.82, 2.24) is 9.55 Å². The van der Waals surface area contributed by atoms with Crippen LogP contribution in [-0.4, -0.2) is 22.1 Å². The van der Waals surface area contributed by atoms with Gasteiger partial charge in [0.1, 0.15) is 16.4 Å². The number of nitrogens with zero attached hydrogens (tertiary/aromatic N) is 2. The second kappa shape index (κ2) is 8.31. The van der Waals surface area contributed by atoms with Gasteiger partial charge in [0.25, 0.3) is 11.5 Å². The topological polar surface area (TPSA) is 73.2 Å². The van der Waals surface area contributed by atoms with E-state index in [4.69, 9.17) is 11.6 Å². The lowest BCUT2D eigenvalue weighted by Gasteiger charge is -2.09. The monoisotopic (exact) mass is 453 g/mol. The molecule has 0 spiro atoms. The highest BCUT2D eigenvalue weighted by molar-refractivity contribution is 7.20. The van der Waals surface area contributed by atoms with Crippen LogP contribution in [0, 0.1) is 6.92 Å². The molecule has 1 aliphatic heterocycles. The van der Waals surface area contributed by atoms with Crippen molar-refractivity contribution in [2.45, 2.75) is 45.8 Å². The number of aryl methyl sites for hydroxylation is 2. The number of hydrogen-bond acceptors (Lipinski definition) is 5. The Kier molecular flexibility index (Phi) is 5.75. The van der Waals surface area contributed by atoms with E-state index in [2.05, 4.69) is 15.0 Å². The summed E-state index contributed by atoms with van der Waals surface area (Å²) in [7, 11) is 0. The lowest BCUT2D eigenvalue weighted by atomic mass is 10.2. The van der Waals surface area contributed by atoms with Gasteiger partial charge in [-0.2, -0.15) is 8.78 Å². The Balaban J connectivity index is 1.66. The number of benzene rings is 1. The molecule has 0 saturated heterocycles. The van der Waals surface area contributed by atoms with E-state index in [1.807, 2.05) is 0 Å². The van der Waals surface area contributed by atoms with Gasteiger partial charge >= 0.3 is 6.61 Å². The van der Waals surface area contributed by atoms with Crippen molar-refractivity contribution in [1.29, 1.82) is 0 Å². The first kappa shape index (κ1) is 20.7. The summed E-state index contributed by atoms with van der Waals surface area (Å²) in [4.78, 5) is 31.4. The van der Waals surface area contributed by atoms with Gasteiger partial charge in [0.05, 0.1) is 15.3 Å². The van der Waals surface area contributed by atoms with Crippen molar-refractivity contribution in [2.75, 3.05) is 5.32 Å². The normalized spacial score (nSPS) is 13.9. The minimum absolute atomic E-state index is 0.0511. The molecule has 1 aliphatic rings. The van der Waals surface area contributed by atoms with Crippen LogP contribution in [0.15, 0.2) is 23.0 Å². The van der Waals surface area contributed by atoms with Crippen molar-refractivity contribution < 1.29 is 18.3 Å². The van der Waals surface area contributed by atoms with E-state index in [-0.39, 0.29) is 16.3 Å². The average Bonchev–Trinajstić information content (AvgIpc) is 2.86. The van der Waals surface area contributed by atoms with E-state index in [0.29, 0.717) is 32.9 Å². The first-order chi connectivity index (χ1) is 14.3. The fourth-order valence-electron chi connectivity index (χ4n) is 3.58. The number of amides is 1. The van der Waals surface area contributed by atoms with E-state index in [1.54, 1.807) is 11.5 Å². The maximum Gasteiger partial charge on any atom is 0.387 e. The highest BCUT2D eigenvalue weighted by Crippen LogP contribution is 2.31. The molecule has 2 aromatic heterocycles. The molecule has 3 aromatic rings. The Hall–Kier alpha value is -2.52. The molecule has 0 radical (unpaired) electrons. The van der Waals surface area contributed by atoms with E-state index >= 15 is 0 Å². The zero-order chi connectivity index (χ0) is 21.4. The molecule has 0 bridgehead atoms. The Morgan fingerprint density at radius 2 is 2.13 bits per heavy atom. The Morgan fingerprint density at radius 3 is 2.87 bits per heavy atom. The predicted octanol–water partition coefficient (Wildman–Crippen LogP) is 5.00. The predicted molar refractivity (Wildman–Crippen MR) is 112 cm³/mol. The number of carbonyl (C=O) groups excluding carboxylic acids is 1. The van der Waals surface area contributed by atoms with Crippen LogP contribution in [0.2, 0.25) is 5.02 Å². The average molecular weight is 454 g/mol. The van der Waals surface area contributed by atoms with E-state index in [0.717, 1.165) is 31.5 Å². The number of fused-ring (bicyclic) bond motifs is 2. The molecule has 4 rings (SSSR count). The maximum absolute atomic E-state index is 13.0. The second-order valence-corrected chi connectivity index (χ2v) is 8.42. The van der Waals surface area contributed by atoms with Crippen molar-refractivity contribution >= 4 is 44.7 Å². The van der Waals surface area contributed by atoms with Crippen molar-refractivity contribution in [3.05, 3.63) is 49.8 Å². The van der Waals surface area contributed by atoms with Gasteiger partial charge in [-0.25, -0.2) is 4.98 Å². The van der Waals surface area contributed by atoms with Crippen LogP contribution in [0.4, 0.5) is 14.5 Å². The van der Waals surface area contributed by atoms with Crippen LogP contribution in [0.3, 0.4) is 0 Å². The van der Waals surface area contributed by atoms with Crippen molar-refractivity contribution in [3.8, 4) is 5.75 Å². The summed E-state index contributed by atoms with van der Waals surface area (Å²) in [5, 5.41) is 3.10. The number of thiophene rings is 1. The molecule has 0 aliphatic carbocycles. The number of ether oxygens (including phenoxy) is 1. The molecular weight excluding hydrogens is 436 g/mol.